The molecule has 90 valence electrons. The van der Waals surface area contributed by atoms with E-state index in [9.17, 15) is 9.90 Å². The van der Waals surface area contributed by atoms with Crippen LogP contribution >= 0.6 is 0 Å². The summed E-state index contributed by atoms with van der Waals surface area (Å²) in [5, 5.41) is 10.8. The molecule has 1 atom stereocenters. The van der Waals surface area contributed by atoms with Crippen molar-refractivity contribution in [3.8, 4) is 0 Å². The molecule has 1 aliphatic carbocycles. The number of allylic oxidation sites excluding steroid dienone is 1. The van der Waals surface area contributed by atoms with Gasteiger partial charge in [0.1, 0.15) is 0 Å². The van der Waals surface area contributed by atoms with Gasteiger partial charge in [-0.25, -0.2) is 0 Å². The molecule has 0 fully saturated rings. The van der Waals surface area contributed by atoms with Gasteiger partial charge in [0.25, 0.3) is 0 Å². The fraction of sp³-hybridized carbons (Fsp3) is 0.400. The highest BCUT2D eigenvalue weighted by Crippen LogP contribution is 2.36. The van der Waals surface area contributed by atoms with Crippen molar-refractivity contribution >= 4 is 5.78 Å². The van der Waals surface area contributed by atoms with E-state index in [1.807, 2.05) is 36.4 Å². The standard InChI is InChI=1S/C15H18O2/c1-12(16)15(17,13-8-4-2-5-9-13)14-10-6-3-7-11-14/h2,4-5,8-10,17H,3,6-7,11H2,1H3. The molecule has 1 aromatic carbocycles. The van der Waals surface area contributed by atoms with Crippen molar-refractivity contribution in [3.05, 3.63) is 47.5 Å². The second kappa shape index (κ2) is 4.84. The third-order valence-electron chi connectivity index (χ3n) is 3.46. The van der Waals surface area contributed by atoms with Crippen LogP contribution in [0.3, 0.4) is 0 Å². The first kappa shape index (κ1) is 12.1. The highest BCUT2D eigenvalue weighted by Gasteiger charge is 2.38. The molecule has 2 nitrogen and oxygen atoms in total. The molecule has 0 radical (unpaired) electrons. The first-order valence-corrected chi connectivity index (χ1v) is 6.14. The first-order chi connectivity index (χ1) is 8.15. The predicted molar refractivity (Wildman–Crippen MR) is 67.6 cm³/mol. The van der Waals surface area contributed by atoms with E-state index in [0.717, 1.165) is 31.3 Å². The number of hydrogen-bond donors (Lipinski definition) is 1. The van der Waals surface area contributed by atoms with Gasteiger partial charge in [0.05, 0.1) is 0 Å². The summed E-state index contributed by atoms with van der Waals surface area (Å²) >= 11 is 0. The third kappa shape index (κ3) is 2.18. The average molecular weight is 230 g/mol. The quantitative estimate of drug-likeness (QED) is 0.810. The summed E-state index contributed by atoms with van der Waals surface area (Å²) in [6.07, 6.45) is 5.99. The van der Waals surface area contributed by atoms with E-state index in [-0.39, 0.29) is 5.78 Å². The molecule has 1 unspecified atom stereocenters. The number of ketones is 1. The molecule has 1 aromatic rings. The summed E-state index contributed by atoms with van der Waals surface area (Å²) in [6.45, 7) is 1.46. The number of hydrogen-bond acceptors (Lipinski definition) is 2. The van der Waals surface area contributed by atoms with Crippen molar-refractivity contribution < 1.29 is 9.90 Å². The topological polar surface area (TPSA) is 37.3 Å². The molecule has 0 aliphatic heterocycles. The Kier molecular flexibility index (Phi) is 3.43. The normalized spacial score (nSPS) is 19.3. The molecule has 0 amide bonds. The van der Waals surface area contributed by atoms with Gasteiger partial charge in [0.2, 0.25) is 0 Å². The van der Waals surface area contributed by atoms with Crippen LogP contribution in [-0.2, 0) is 10.4 Å². The highest BCUT2D eigenvalue weighted by molar-refractivity contribution is 5.89. The molecule has 2 heteroatoms. The van der Waals surface area contributed by atoms with Crippen LogP contribution in [0.4, 0.5) is 0 Å². The second-order valence-electron chi connectivity index (χ2n) is 4.61. The van der Waals surface area contributed by atoms with Crippen LogP contribution < -0.4 is 0 Å². The lowest BCUT2D eigenvalue weighted by Crippen LogP contribution is -2.36. The van der Waals surface area contributed by atoms with Crippen molar-refractivity contribution in [2.75, 3.05) is 0 Å². The Balaban J connectivity index is 2.46. The van der Waals surface area contributed by atoms with E-state index in [1.165, 1.54) is 6.92 Å². The zero-order chi connectivity index (χ0) is 12.3. The number of benzene rings is 1. The Morgan fingerprint density at radius 3 is 2.47 bits per heavy atom. The molecule has 0 saturated carbocycles. The summed E-state index contributed by atoms with van der Waals surface area (Å²) in [6, 6.07) is 9.23. The minimum absolute atomic E-state index is 0.197. The van der Waals surface area contributed by atoms with Gasteiger partial charge in [-0.15, -0.1) is 0 Å². The Bertz CT molecular complexity index is 433. The minimum atomic E-state index is -1.41. The fourth-order valence-electron chi connectivity index (χ4n) is 2.46. The lowest BCUT2D eigenvalue weighted by atomic mass is 9.78. The molecular weight excluding hydrogens is 212 g/mol. The number of aliphatic hydroxyl groups is 1. The van der Waals surface area contributed by atoms with E-state index in [0.29, 0.717) is 5.56 Å². The SMILES string of the molecule is CC(=O)C(O)(C1=CCCCC1)c1ccccc1. The van der Waals surface area contributed by atoms with Crippen LogP contribution in [0.1, 0.15) is 38.2 Å². The number of Topliss-reactive ketones (excluding diaryl/α,β-unsaturated/α-hetero) is 1. The van der Waals surface area contributed by atoms with Crippen LogP contribution in [0, 0.1) is 0 Å². The molecule has 0 bridgehead atoms. The van der Waals surface area contributed by atoms with E-state index < -0.39 is 5.60 Å². The van der Waals surface area contributed by atoms with Crippen molar-refractivity contribution in [1.29, 1.82) is 0 Å². The smallest absolute Gasteiger partial charge is 0.170 e. The number of carbonyl (C=O) groups excluding carboxylic acids is 1. The molecule has 1 N–H and O–H groups in total. The lowest BCUT2D eigenvalue weighted by Gasteiger charge is -2.31. The van der Waals surface area contributed by atoms with Crippen LogP contribution in [0.5, 0.6) is 0 Å². The summed E-state index contributed by atoms with van der Waals surface area (Å²) < 4.78 is 0. The van der Waals surface area contributed by atoms with Crippen molar-refractivity contribution in [2.24, 2.45) is 0 Å². The molecule has 17 heavy (non-hydrogen) atoms. The van der Waals surface area contributed by atoms with Gasteiger partial charge >= 0.3 is 0 Å². The van der Waals surface area contributed by atoms with Crippen LogP contribution in [0.15, 0.2) is 42.0 Å². The van der Waals surface area contributed by atoms with Crippen LogP contribution in [0.25, 0.3) is 0 Å². The average Bonchev–Trinajstić information content (AvgIpc) is 2.39. The summed E-state index contributed by atoms with van der Waals surface area (Å²) in [5.74, 6) is -0.197. The van der Waals surface area contributed by atoms with E-state index in [2.05, 4.69) is 0 Å². The van der Waals surface area contributed by atoms with Gasteiger partial charge in [-0.05, 0) is 43.7 Å². The molecular formula is C15H18O2. The first-order valence-electron chi connectivity index (χ1n) is 6.14. The fourth-order valence-corrected chi connectivity index (χ4v) is 2.46. The summed E-state index contributed by atoms with van der Waals surface area (Å²) in [7, 11) is 0. The maximum Gasteiger partial charge on any atom is 0.170 e. The Morgan fingerprint density at radius 1 is 1.24 bits per heavy atom. The zero-order valence-electron chi connectivity index (χ0n) is 10.1. The maximum atomic E-state index is 11.9. The Hall–Kier alpha value is -1.41. The highest BCUT2D eigenvalue weighted by atomic mass is 16.3. The third-order valence-corrected chi connectivity index (χ3v) is 3.46. The van der Waals surface area contributed by atoms with Crippen LogP contribution in [0.2, 0.25) is 0 Å². The predicted octanol–water partition coefficient (Wildman–Crippen LogP) is 2.96. The maximum absolute atomic E-state index is 11.9. The van der Waals surface area contributed by atoms with Gasteiger partial charge in [-0.1, -0.05) is 36.4 Å². The van der Waals surface area contributed by atoms with Gasteiger partial charge in [0.15, 0.2) is 11.4 Å². The van der Waals surface area contributed by atoms with Gasteiger partial charge in [-0.3, -0.25) is 4.79 Å². The lowest BCUT2D eigenvalue weighted by molar-refractivity contribution is -0.132. The Labute approximate surface area is 102 Å². The largest absolute Gasteiger partial charge is 0.373 e. The van der Waals surface area contributed by atoms with E-state index in [1.54, 1.807) is 0 Å². The zero-order valence-corrected chi connectivity index (χ0v) is 10.1. The molecule has 2 rings (SSSR count). The number of carbonyl (C=O) groups is 1. The van der Waals surface area contributed by atoms with E-state index in [4.69, 9.17) is 0 Å². The molecule has 0 heterocycles. The monoisotopic (exact) mass is 230 g/mol. The van der Waals surface area contributed by atoms with Gasteiger partial charge in [0, 0.05) is 0 Å². The van der Waals surface area contributed by atoms with Gasteiger partial charge < -0.3 is 5.11 Å². The second-order valence-corrected chi connectivity index (χ2v) is 4.61. The summed E-state index contributed by atoms with van der Waals surface area (Å²) in [5.41, 5.74) is 0.130. The summed E-state index contributed by atoms with van der Waals surface area (Å²) in [4.78, 5) is 11.9. The minimum Gasteiger partial charge on any atom is -0.373 e. The number of rotatable bonds is 3. The Morgan fingerprint density at radius 2 is 1.94 bits per heavy atom. The van der Waals surface area contributed by atoms with Gasteiger partial charge in [-0.2, -0.15) is 0 Å². The molecule has 1 aliphatic rings. The van der Waals surface area contributed by atoms with Crippen molar-refractivity contribution in [1.82, 2.24) is 0 Å². The molecule has 0 saturated heterocycles. The molecule has 0 aromatic heterocycles. The molecule has 0 spiro atoms. The van der Waals surface area contributed by atoms with Crippen molar-refractivity contribution in [2.45, 2.75) is 38.2 Å². The van der Waals surface area contributed by atoms with Crippen molar-refractivity contribution in [3.63, 3.8) is 0 Å². The van der Waals surface area contributed by atoms with E-state index >= 15 is 0 Å². The van der Waals surface area contributed by atoms with Crippen LogP contribution in [-0.4, -0.2) is 10.9 Å².